The van der Waals surface area contributed by atoms with Crippen molar-refractivity contribution in [1.82, 2.24) is 44.5 Å². The summed E-state index contributed by atoms with van der Waals surface area (Å²) in [4.78, 5) is 34.9. The molecular formula is C23H21F3N9O. The Morgan fingerprint density at radius 1 is 1.06 bits per heavy atom. The Kier molecular flexibility index (Phi) is 5.43. The normalized spacial score (nSPS) is 18.0. The summed E-state index contributed by atoms with van der Waals surface area (Å²) in [5.41, 5.74) is 2.29. The van der Waals surface area contributed by atoms with Gasteiger partial charge < -0.3 is 9.88 Å². The second kappa shape index (κ2) is 8.66. The van der Waals surface area contributed by atoms with Gasteiger partial charge in [-0.1, -0.05) is 0 Å². The molecule has 0 aromatic carbocycles. The number of rotatable bonds is 4. The fourth-order valence-electron chi connectivity index (χ4n) is 4.72. The molecule has 185 valence electrons. The van der Waals surface area contributed by atoms with Crippen LogP contribution in [0, 0.1) is 6.04 Å². The highest BCUT2D eigenvalue weighted by atomic mass is 19.4. The van der Waals surface area contributed by atoms with Crippen LogP contribution < -0.4 is 0 Å². The summed E-state index contributed by atoms with van der Waals surface area (Å²) < 4.78 is 40.5. The molecule has 6 rings (SSSR count). The van der Waals surface area contributed by atoms with Crippen LogP contribution in [0.1, 0.15) is 29.2 Å². The summed E-state index contributed by atoms with van der Waals surface area (Å²) >= 11 is 0. The molecule has 1 N–H and O–H groups in total. The van der Waals surface area contributed by atoms with Crippen LogP contribution in [0.4, 0.5) is 13.2 Å². The van der Waals surface area contributed by atoms with Gasteiger partial charge in [0.05, 0.1) is 17.9 Å². The SMILES string of the molecule is O=C(c1ccnc(C(F)(F)F)n1)N1CCN(C2C[C](n3cc(-c4ncnc5[nH]ccc45)cn3)C2)CC1. The Labute approximate surface area is 203 Å². The monoisotopic (exact) mass is 496 g/mol. The number of carbonyl (C=O) groups is 1. The third kappa shape index (κ3) is 4.08. The Morgan fingerprint density at radius 3 is 2.64 bits per heavy atom. The first-order valence-electron chi connectivity index (χ1n) is 11.5. The van der Waals surface area contributed by atoms with Gasteiger partial charge in [-0.05, 0) is 25.0 Å². The lowest BCUT2D eigenvalue weighted by molar-refractivity contribution is -0.145. The van der Waals surface area contributed by atoms with Crippen LogP contribution in [0.2, 0.25) is 0 Å². The highest BCUT2D eigenvalue weighted by molar-refractivity contribution is 5.92. The van der Waals surface area contributed by atoms with Crippen LogP contribution in [0.3, 0.4) is 0 Å². The molecule has 1 aliphatic heterocycles. The van der Waals surface area contributed by atoms with Crippen molar-refractivity contribution in [1.29, 1.82) is 0 Å². The molecule has 5 heterocycles. The van der Waals surface area contributed by atoms with E-state index in [1.807, 2.05) is 23.1 Å². The van der Waals surface area contributed by atoms with Crippen molar-refractivity contribution in [3.05, 3.63) is 60.8 Å². The van der Waals surface area contributed by atoms with E-state index in [0.717, 1.165) is 41.3 Å². The number of nitrogens with one attached hydrogen (secondary N) is 1. The molecular weight excluding hydrogens is 475 g/mol. The maximum absolute atomic E-state index is 12.9. The maximum Gasteiger partial charge on any atom is 0.451 e. The molecule has 4 aromatic rings. The molecule has 2 fully saturated rings. The standard InChI is InChI=1S/C23H21F3N9O/c24-23(25,26)22-28-4-2-18(32-22)21(36)34-7-5-33(6-8-34)15-9-16(10-15)35-12-14(11-31-35)19-17-1-3-27-20(17)30-13-29-19/h1-4,11-13,15H,5-10H2,(H,27,29,30). The topological polar surface area (TPSA) is 109 Å². The molecule has 1 radical (unpaired) electrons. The van der Waals surface area contributed by atoms with E-state index in [9.17, 15) is 18.0 Å². The smallest absolute Gasteiger partial charge is 0.346 e. The van der Waals surface area contributed by atoms with Crippen molar-refractivity contribution in [2.75, 3.05) is 26.2 Å². The van der Waals surface area contributed by atoms with Gasteiger partial charge in [0.2, 0.25) is 5.82 Å². The van der Waals surface area contributed by atoms with Gasteiger partial charge in [-0.3, -0.25) is 14.4 Å². The molecule has 0 bridgehead atoms. The predicted molar refractivity (Wildman–Crippen MR) is 121 cm³/mol. The van der Waals surface area contributed by atoms with Crippen LogP contribution in [-0.4, -0.2) is 82.6 Å². The first kappa shape index (κ1) is 22.6. The van der Waals surface area contributed by atoms with E-state index >= 15 is 0 Å². The lowest BCUT2D eigenvalue weighted by Crippen LogP contribution is -2.55. The highest BCUT2D eigenvalue weighted by Crippen LogP contribution is 2.36. The maximum atomic E-state index is 12.9. The molecule has 10 nitrogen and oxygen atoms in total. The summed E-state index contributed by atoms with van der Waals surface area (Å²) in [7, 11) is 0. The minimum absolute atomic E-state index is 0.236. The highest BCUT2D eigenvalue weighted by Gasteiger charge is 2.39. The molecule has 1 amide bonds. The van der Waals surface area contributed by atoms with Crippen molar-refractivity contribution in [3.8, 4) is 11.3 Å². The Hall–Kier alpha value is -3.87. The molecule has 1 saturated carbocycles. The third-order valence-electron chi connectivity index (χ3n) is 6.72. The number of carbonyl (C=O) groups excluding carboxylic acids is 1. The van der Waals surface area contributed by atoms with E-state index in [0.29, 0.717) is 32.2 Å². The number of nitrogens with zero attached hydrogens (tertiary/aromatic N) is 8. The zero-order chi connectivity index (χ0) is 24.9. The minimum Gasteiger partial charge on any atom is -0.346 e. The Morgan fingerprint density at radius 2 is 1.86 bits per heavy atom. The van der Waals surface area contributed by atoms with E-state index < -0.39 is 17.9 Å². The summed E-state index contributed by atoms with van der Waals surface area (Å²) in [6.07, 6.45) is 5.15. The fourth-order valence-corrected chi connectivity index (χ4v) is 4.72. The predicted octanol–water partition coefficient (Wildman–Crippen LogP) is 2.63. The van der Waals surface area contributed by atoms with Gasteiger partial charge in [0.25, 0.3) is 5.91 Å². The summed E-state index contributed by atoms with van der Waals surface area (Å²) in [5, 5.41) is 5.47. The van der Waals surface area contributed by atoms with Crippen LogP contribution in [0.25, 0.3) is 22.3 Å². The molecule has 0 atom stereocenters. The van der Waals surface area contributed by atoms with Gasteiger partial charge in [0, 0.05) is 61.8 Å². The van der Waals surface area contributed by atoms with E-state index in [1.54, 1.807) is 11.1 Å². The number of piperazine rings is 1. The Balaban J connectivity index is 1.04. The van der Waals surface area contributed by atoms with Crippen molar-refractivity contribution in [3.63, 3.8) is 0 Å². The van der Waals surface area contributed by atoms with Gasteiger partial charge in [0.1, 0.15) is 17.7 Å². The van der Waals surface area contributed by atoms with Crippen molar-refractivity contribution < 1.29 is 18.0 Å². The molecule has 0 spiro atoms. The van der Waals surface area contributed by atoms with Gasteiger partial charge in [-0.15, -0.1) is 0 Å². The van der Waals surface area contributed by atoms with E-state index in [2.05, 4.69) is 34.9 Å². The van der Waals surface area contributed by atoms with Gasteiger partial charge in [-0.25, -0.2) is 19.9 Å². The number of hydrogen-bond acceptors (Lipinski definition) is 7. The second-order valence-electron chi connectivity index (χ2n) is 8.86. The van der Waals surface area contributed by atoms with Crippen molar-refractivity contribution in [2.24, 2.45) is 0 Å². The Bertz CT molecular complexity index is 1400. The average Bonchev–Trinajstić information content (AvgIpc) is 3.53. The fraction of sp³-hybridized carbons (Fsp3) is 0.348. The summed E-state index contributed by atoms with van der Waals surface area (Å²) in [5.74, 6) is -1.81. The molecule has 36 heavy (non-hydrogen) atoms. The minimum atomic E-state index is -4.69. The zero-order valence-corrected chi connectivity index (χ0v) is 19.0. The number of H-pyrrole nitrogens is 1. The number of aromatic amines is 1. The largest absolute Gasteiger partial charge is 0.451 e. The number of aromatic nitrogens is 7. The summed E-state index contributed by atoms with van der Waals surface area (Å²) in [6, 6.07) is 4.71. The zero-order valence-electron chi connectivity index (χ0n) is 19.0. The molecule has 2 aliphatic rings. The number of alkyl halides is 3. The van der Waals surface area contributed by atoms with Gasteiger partial charge >= 0.3 is 6.18 Å². The number of fused-ring (bicyclic) bond motifs is 1. The first-order valence-corrected chi connectivity index (χ1v) is 11.5. The van der Waals surface area contributed by atoms with Crippen molar-refractivity contribution >= 4 is 16.9 Å². The van der Waals surface area contributed by atoms with Crippen LogP contribution in [0.5, 0.6) is 0 Å². The molecule has 1 saturated heterocycles. The number of hydrogen-bond donors (Lipinski definition) is 1. The lowest BCUT2D eigenvalue weighted by atomic mass is 9.85. The molecule has 0 unspecified atom stereocenters. The molecule has 1 aliphatic carbocycles. The van der Waals surface area contributed by atoms with E-state index in [4.69, 9.17) is 0 Å². The summed E-state index contributed by atoms with van der Waals surface area (Å²) in [6.45, 7) is 2.17. The van der Waals surface area contributed by atoms with E-state index in [1.165, 1.54) is 18.4 Å². The average molecular weight is 496 g/mol. The quantitative estimate of drug-likeness (QED) is 0.463. The second-order valence-corrected chi connectivity index (χ2v) is 8.86. The molecule has 4 aromatic heterocycles. The lowest BCUT2D eigenvalue weighted by Gasteiger charge is -2.45. The van der Waals surface area contributed by atoms with Gasteiger partial charge in [-0.2, -0.15) is 18.3 Å². The third-order valence-corrected chi connectivity index (χ3v) is 6.72. The van der Waals surface area contributed by atoms with Gasteiger partial charge in [0.15, 0.2) is 0 Å². The van der Waals surface area contributed by atoms with Crippen LogP contribution in [-0.2, 0) is 6.18 Å². The molecule has 13 heteroatoms. The number of halogens is 3. The van der Waals surface area contributed by atoms with Crippen molar-refractivity contribution in [2.45, 2.75) is 25.1 Å². The van der Waals surface area contributed by atoms with E-state index in [-0.39, 0.29) is 5.69 Å². The van der Waals surface area contributed by atoms with Crippen LogP contribution >= 0.6 is 0 Å². The van der Waals surface area contributed by atoms with Crippen LogP contribution in [0.15, 0.2) is 43.2 Å². The first-order chi connectivity index (χ1) is 17.4. The number of amides is 1.